The summed E-state index contributed by atoms with van der Waals surface area (Å²) in [4.78, 5) is 9.38. The van der Waals surface area contributed by atoms with Gasteiger partial charge in [0.15, 0.2) is 5.17 Å². The quantitative estimate of drug-likeness (QED) is 0.917. The lowest BCUT2D eigenvalue weighted by Crippen LogP contribution is -2.36. The van der Waals surface area contributed by atoms with Crippen molar-refractivity contribution in [3.63, 3.8) is 0 Å². The van der Waals surface area contributed by atoms with Crippen molar-refractivity contribution in [2.45, 2.75) is 43.5 Å². The van der Waals surface area contributed by atoms with Gasteiger partial charge in [0.25, 0.3) is 0 Å². The Morgan fingerprint density at radius 2 is 2.05 bits per heavy atom. The van der Waals surface area contributed by atoms with Crippen LogP contribution in [-0.4, -0.2) is 22.2 Å². The maximum atomic E-state index is 4.85. The van der Waals surface area contributed by atoms with E-state index in [9.17, 15) is 0 Å². The molecule has 21 heavy (non-hydrogen) atoms. The molecular weight excluding hydrogens is 278 g/mol. The van der Waals surface area contributed by atoms with Crippen LogP contribution in [0.1, 0.15) is 31.2 Å². The highest BCUT2D eigenvalue weighted by molar-refractivity contribution is 8.13. The van der Waals surface area contributed by atoms with Gasteiger partial charge in [0.1, 0.15) is 0 Å². The second kappa shape index (κ2) is 5.68. The molecule has 1 aromatic carbocycles. The van der Waals surface area contributed by atoms with Crippen molar-refractivity contribution in [3.05, 3.63) is 42.1 Å². The fourth-order valence-electron chi connectivity index (χ4n) is 3.29. The Morgan fingerprint density at radius 3 is 3.00 bits per heavy atom. The number of rotatable bonds is 2. The van der Waals surface area contributed by atoms with Gasteiger partial charge in [-0.25, -0.2) is 0 Å². The number of para-hydroxylation sites is 1. The Bertz CT molecular complexity index is 677. The Balaban J connectivity index is 1.49. The van der Waals surface area contributed by atoms with E-state index >= 15 is 0 Å². The zero-order chi connectivity index (χ0) is 14.1. The number of pyridine rings is 1. The Hall–Kier alpha value is -1.55. The first kappa shape index (κ1) is 13.1. The molecule has 0 spiro atoms. The molecule has 0 amide bonds. The van der Waals surface area contributed by atoms with Gasteiger partial charge in [0.05, 0.1) is 17.6 Å². The van der Waals surface area contributed by atoms with Crippen molar-refractivity contribution in [2.75, 3.05) is 0 Å². The normalized spacial score (nSPS) is 24.5. The third-order valence-corrected chi connectivity index (χ3v) is 5.35. The van der Waals surface area contributed by atoms with E-state index < -0.39 is 0 Å². The van der Waals surface area contributed by atoms with E-state index in [0.717, 1.165) is 16.4 Å². The van der Waals surface area contributed by atoms with E-state index in [0.29, 0.717) is 12.1 Å². The molecule has 3 nitrogen and oxygen atoms in total. The van der Waals surface area contributed by atoms with E-state index in [1.54, 1.807) is 0 Å². The van der Waals surface area contributed by atoms with Crippen molar-refractivity contribution in [2.24, 2.45) is 4.99 Å². The molecule has 2 aliphatic rings. The van der Waals surface area contributed by atoms with Gasteiger partial charge in [-0.15, -0.1) is 0 Å². The van der Waals surface area contributed by atoms with Gasteiger partial charge in [0, 0.05) is 17.3 Å². The topological polar surface area (TPSA) is 37.3 Å². The summed E-state index contributed by atoms with van der Waals surface area (Å²) in [6, 6.07) is 11.6. The number of aromatic nitrogens is 1. The van der Waals surface area contributed by atoms with Gasteiger partial charge in [-0.1, -0.05) is 48.9 Å². The summed E-state index contributed by atoms with van der Waals surface area (Å²) in [5.74, 6) is 0.930. The third-order valence-electron chi connectivity index (χ3n) is 4.40. The Morgan fingerprint density at radius 1 is 1.14 bits per heavy atom. The minimum absolute atomic E-state index is 0.520. The highest BCUT2D eigenvalue weighted by Gasteiger charge is 2.30. The number of nitrogens with one attached hydrogen (secondary N) is 1. The molecule has 1 fully saturated rings. The van der Waals surface area contributed by atoms with Crippen molar-refractivity contribution < 1.29 is 0 Å². The second-order valence-electron chi connectivity index (χ2n) is 5.82. The van der Waals surface area contributed by atoms with Crippen LogP contribution in [0.3, 0.4) is 0 Å². The number of aliphatic imine (C=N–C) groups is 1. The molecule has 0 radical (unpaired) electrons. The highest BCUT2D eigenvalue weighted by Crippen LogP contribution is 2.29. The zero-order valence-corrected chi connectivity index (χ0v) is 12.8. The van der Waals surface area contributed by atoms with Crippen LogP contribution < -0.4 is 5.32 Å². The fourth-order valence-corrected chi connectivity index (χ4v) is 4.26. The Kier molecular flexibility index (Phi) is 3.55. The van der Waals surface area contributed by atoms with E-state index in [2.05, 4.69) is 34.6 Å². The van der Waals surface area contributed by atoms with Crippen LogP contribution in [0.4, 0.5) is 0 Å². The van der Waals surface area contributed by atoms with E-state index in [4.69, 9.17) is 4.99 Å². The van der Waals surface area contributed by atoms with Crippen LogP contribution in [0.25, 0.3) is 10.9 Å². The molecule has 1 aliphatic heterocycles. The number of hydrogen-bond acceptors (Lipinski definition) is 4. The predicted octanol–water partition coefficient (Wildman–Crippen LogP) is 3.74. The average Bonchev–Trinajstić information content (AvgIpc) is 2.96. The summed E-state index contributed by atoms with van der Waals surface area (Å²) in [7, 11) is 0. The summed E-state index contributed by atoms with van der Waals surface area (Å²) >= 11 is 1.82. The molecule has 0 saturated heterocycles. The molecule has 2 aromatic rings. The molecule has 1 aromatic heterocycles. The summed E-state index contributed by atoms with van der Waals surface area (Å²) in [5, 5.41) is 5.94. The standard InChI is InChI=1S/C17H19N3S/c1-2-9-15-14(8-1)19-17(20-15)21-11-13-6-3-5-12-7-4-10-18-16(12)13/h3-7,10,14-15H,1-2,8-9,11H2,(H,19,20). The smallest absolute Gasteiger partial charge is 0.157 e. The average molecular weight is 297 g/mol. The molecule has 0 bridgehead atoms. The SMILES string of the molecule is c1cnc2c(CSC3=NC4CCCCC4N3)cccc2c1. The predicted molar refractivity (Wildman–Crippen MR) is 89.7 cm³/mol. The van der Waals surface area contributed by atoms with Crippen LogP contribution in [0.2, 0.25) is 0 Å². The maximum Gasteiger partial charge on any atom is 0.157 e. The lowest BCUT2D eigenvalue weighted by molar-refractivity contribution is 0.385. The van der Waals surface area contributed by atoms with Crippen LogP contribution in [-0.2, 0) is 5.75 Å². The van der Waals surface area contributed by atoms with Crippen LogP contribution in [0.5, 0.6) is 0 Å². The highest BCUT2D eigenvalue weighted by atomic mass is 32.2. The molecule has 1 N–H and O–H groups in total. The number of benzene rings is 1. The summed E-state index contributed by atoms with van der Waals surface area (Å²) in [5.41, 5.74) is 2.40. The minimum Gasteiger partial charge on any atom is -0.360 e. The Labute approximate surface area is 129 Å². The van der Waals surface area contributed by atoms with Crippen molar-refractivity contribution in [3.8, 4) is 0 Å². The maximum absolute atomic E-state index is 4.85. The van der Waals surface area contributed by atoms with Gasteiger partial charge in [-0.3, -0.25) is 9.98 Å². The number of fused-ring (bicyclic) bond motifs is 2. The second-order valence-corrected chi connectivity index (χ2v) is 6.78. The lowest BCUT2D eigenvalue weighted by atomic mass is 9.92. The number of nitrogens with zero attached hydrogens (tertiary/aromatic N) is 2. The first-order valence-corrected chi connectivity index (χ1v) is 8.68. The number of hydrogen-bond donors (Lipinski definition) is 1. The van der Waals surface area contributed by atoms with E-state index in [1.807, 2.05) is 24.0 Å². The molecule has 4 heteroatoms. The molecule has 2 unspecified atom stereocenters. The molecule has 1 saturated carbocycles. The summed E-state index contributed by atoms with van der Waals surface area (Å²) < 4.78 is 0. The molecule has 2 heterocycles. The van der Waals surface area contributed by atoms with E-state index in [1.165, 1.54) is 36.6 Å². The van der Waals surface area contributed by atoms with Gasteiger partial charge < -0.3 is 5.32 Å². The first-order valence-electron chi connectivity index (χ1n) is 7.70. The molecule has 108 valence electrons. The van der Waals surface area contributed by atoms with Crippen LogP contribution >= 0.6 is 11.8 Å². The van der Waals surface area contributed by atoms with Crippen molar-refractivity contribution in [1.82, 2.24) is 10.3 Å². The zero-order valence-electron chi connectivity index (χ0n) is 12.0. The molecular formula is C17H19N3S. The molecule has 1 aliphatic carbocycles. The third kappa shape index (κ3) is 2.64. The minimum atomic E-state index is 0.520. The van der Waals surface area contributed by atoms with Crippen LogP contribution in [0, 0.1) is 0 Å². The van der Waals surface area contributed by atoms with Crippen molar-refractivity contribution >= 4 is 27.8 Å². The lowest BCUT2D eigenvalue weighted by Gasteiger charge is -2.23. The molecule has 2 atom stereocenters. The monoisotopic (exact) mass is 297 g/mol. The van der Waals surface area contributed by atoms with Gasteiger partial charge in [-0.2, -0.15) is 0 Å². The van der Waals surface area contributed by atoms with Gasteiger partial charge in [-0.05, 0) is 24.5 Å². The largest absolute Gasteiger partial charge is 0.360 e. The number of amidine groups is 1. The summed E-state index contributed by atoms with van der Waals surface area (Å²) in [6.07, 6.45) is 7.06. The van der Waals surface area contributed by atoms with Gasteiger partial charge >= 0.3 is 0 Å². The van der Waals surface area contributed by atoms with Crippen LogP contribution in [0.15, 0.2) is 41.5 Å². The molecule has 4 rings (SSSR count). The van der Waals surface area contributed by atoms with E-state index in [-0.39, 0.29) is 0 Å². The summed E-state index contributed by atoms with van der Waals surface area (Å²) in [6.45, 7) is 0. The van der Waals surface area contributed by atoms with Crippen molar-refractivity contribution in [1.29, 1.82) is 0 Å². The number of thioether (sulfide) groups is 1. The fraction of sp³-hybridized carbons (Fsp3) is 0.412. The van der Waals surface area contributed by atoms with Gasteiger partial charge in [0.2, 0.25) is 0 Å². The first-order chi connectivity index (χ1) is 10.4.